The Kier molecular flexibility index (Phi) is 5.98. The van der Waals surface area contributed by atoms with Crippen molar-refractivity contribution in [3.63, 3.8) is 0 Å². The zero-order valence-corrected chi connectivity index (χ0v) is 17.2. The quantitative estimate of drug-likeness (QED) is 0.657. The number of nitrogens with zero attached hydrogens (tertiary/aromatic N) is 1. The number of nitrogens with one attached hydrogen (secondary N) is 2. The second-order valence-electron chi connectivity index (χ2n) is 6.99. The van der Waals surface area contributed by atoms with Crippen LogP contribution < -0.4 is 10.6 Å². The van der Waals surface area contributed by atoms with Gasteiger partial charge >= 0.3 is 6.03 Å². The Morgan fingerprint density at radius 1 is 0.933 bits per heavy atom. The van der Waals surface area contributed by atoms with E-state index in [4.69, 9.17) is 4.74 Å². The fourth-order valence-electron chi connectivity index (χ4n) is 3.40. The van der Waals surface area contributed by atoms with Gasteiger partial charge in [-0.1, -0.05) is 48.5 Å². The molecule has 0 bridgehead atoms. The van der Waals surface area contributed by atoms with Gasteiger partial charge in [0, 0.05) is 25.0 Å². The van der Waals surface area contributed by atoms with Crippen LogP contribution in [0.5, 0.6) is 0 Å². The molecule has 0 radical (unpaired) electrons. The fourth-order valence-corrected chi connectivity index (χ4v) is 4.81. The first kappa shape index (κ1) is 20.3. The van der Waals surface area contributed by atoms with Crippen molar-refractivity contribution in [2.75, 3.05) is 31.6 Å². The number of hydrogen-bond acceptors (Lipinski definition) is 4. The first-order valence-corrected chi connectivity index (χ1v) is 11.2. The van der Waals surface area contributed by atoms with E-state index in [1.807, 2.05) is 42.5 Å². The van der Waals surface area contributed by atoms with Crippen molar-refractivity contribution >= 4 is 32.5 Å². The largest absolute Gasteiger partial charge is 0.379 e. The van der Waals surface area contributed by atoms with E-state index < -0.39 is 10.0 Å². The molecule has 1 aliphatic rings. The van der Waals surface area contributed by atoms with Crippen molar-refractivity contribution in [1.82, 2.24) is 9.62 Å². The van der Waals surface area contributed by atoms with Gasteiger partial charge in [0.2, 0.25) is 10.0 Å². The summed E-state index contributed by atoms with van der Waals surface area (Å²) in [6.45, 7) is 1.83. The van der Waals surface area contributed by atoms with Gasteiger partial charge in [-0.2, -0.15) is 4.31 Å². The van der Waals surface area contributed by atoms with Crippen LogP contribution in [0.25, 0.3) is 10.8 Å². The average molecular weight is 426 g/mol. The van der Waals surface area contributed by atoms with Crippen LogP contribution in [0.15, 0.2) is 71.6 Å². The maximum atomic E-state index is 12.7. The highest BCUT2D eigenvalue weighted by molar-refractivity contribution is 7.89. The molecule has 1 aliphatic heterocycles. The number of carbonyl (C=O) groups excluding carboxylic acids is 1. The van der Waals surface area contributed by atoms with Gasteiger partial charge in [-0.15, -0.1) is 0 Å². The second kappa shape index (κ2) is 8.83. The summed E-state index contributed by atoms with van der Waals surface area (Å²) in [5.74, 6) is 0. The summed E-state index contributed by atoms with van der Waals surface area (Å²) in [7, 11) is -3.52. The molecule has 1 saturated heterocycles. The lowest BCUT2D eigenvalue weighted by Crippen LogP contribution is -2.40. The van der Waals surface area contributed by atoms with Crippen LogP contribution in [0.2, 0.25) is 0 Å². The maximum absolute atomic E-state index is 12.7. The van der Waals surface area contributed by atoms with Gasteiger partial charge in [0.25, 0.3) is 0 Å². The number of urea groups is 1. The minimum atomic E-state index is -3.52. The van der Waals surface area contributed by atoms with Gasteiger partial charge in [0.1, 0.15) is 0 Å². The number of amides is 2. The number of sulfonamides is 1. The highest BCUT2D eigenvalue weighted by Crippen LogP contribution is 2.23. The number of ether oxygens (including phenoxy) is 1. The van der Waals surface area contributed by atoms with Gasteiger partial charge in [-0.25, -0.2) is 13.2 Å². The molecule has 2 N–H and O–H groups in total. The standard InChI is InChI=1S/C22H23N3O4S/c26-22(24-21-7-3-5-18-4-1-2-6-20(18)21)23-16-17-8-10-19(11-9-17)30(27,28)25-12-14-29-15-13-25/h1-11H,12-16H2,(H2,23,24,26). The number of hydrogen-bond donors (Lipinski definition) is 2. The molecule has 2 amide bonds. The van der Waals surface area contributed by atoms with E-state index in [-0.39, 0.29) is 17.5 Å². The topological polar surface area (TPSA) is 87.7 Å². The minimum absolute atomic E-state index is 0.244. The summed E-state index contributed by atoms with van der Waals surface area (Å²) >= 11 is 0. The van der Waals surface area contributed by atoms with Crippen molar-refractivity contribution in [3.8, 4) is 0 Å². The summed E-state index contributed by atoms with van der Waals surface area (Å²) < 4.78 is 32.0. The van der Waals surface area contributed by atoms with E-state index >= 15 is 0 Å². The zero-order valence-electron chi connectivity index (χ0n) is 16.4. The summed E-state index contributed by atoms with van der Waals surface area (Å²) in [4.78, 5) is 12.6. The summed E-state index contributed by atoms with van der Waals surface area (Å²) in [6, 6.07) is 19.8. The Morgan fingerprint density at radius 3 is 2.40 bits per heavy atom. The number of carbonyl (C=O) groups is 1. The van der Waals surface area contributed by atoms with Crippen LogP contribution in [-0.2, 0) is 21.3 Å². The van der Waals surface area contributed by atoms with E-state index in [0.29, 0.717) is 26.3 Å². The van der Waals surface area contributed by atoms with E-state index in [2.05, 4.69) is 10.6 Å². The molecule has 0 spiro atoms. The van der Waals surface area contributed by atoms with Crippen LogP contribution in [-0.4, -0.2) is 45.1 Å². The molecule has 0 aromatic heterocycles. The third-order valence-corrected chi connectivity index (χ3v) is 6.93. The Morgan fingerprint density at radius 2 is 1.63 bits per heavy atom. The molecule has 8 heteroatoms. The van der Waals surface area contributed by atoms with E-state index in [1.54, 1.807) is 24.3 Å². The predicted molar refractivity (Wildman–Crippen MR) is 116 cm³/mol. The lowest BCUT2D eigenvalue weighted by molar-refractivity contribution is 0.0730. The molecule has 1 heterocycles. The van der Waals surface area contributed by atoms with Crippen molar-refractivity contribution < 1.29 is 17.9 Å². The van der Waals surface area contributed by atoms with Crippen LogP contribution in [0.4, 0.5) is 10.5 Å². The molecule has 0 aliphatic carbocycles. The van der Waals surface area contributed by atoms with Gasteiger partial charge in [0.15, 0.2) is 0 Å². The molecule has 3 aromatic rings. The molecular formula is C22H23N3O4S. The Bertz CT molecular complexity index is 1140. The van der Waals surface area contributed by atoms with Crippen LogP contribution in [0.3, 0.4) is 0 Å². The average Bonchev–Trinajstić information content (AvgIpc) is 2.79. The highest BCUT2D eigenvalue weighted by atomic mass is 32.2. The summed E-state index contributed by atoms with van der Waals surface area (Å²) in [5.41, 5.74) is 1.54. The molecule has 1 fully saturated rings. The molecule has 0 unspecified atom stereocenters. The molecular weight excluding hydrogens is 402 g/mol. The molecule has 7 nitrogen and oxygen atoms in total. The van der Waals surface area contributed by atoms with Crippen molar-refractivity contribution in [2.45, 2.75) is 11.4 Å². The third kappa shape index (κ3) is 4.46. The van der Waals surface area contributed by atoms with Crippen LogP contribution in [0, 0.1) is 0 Å². The fraction of sp³-hybridized carbons (Fsp3) is 0.227. The van der Waals surface area contributed by atoms with Crippen molar-refractivity contribution in [1.29, 1.82) is 0 Å². The summed E-state index contributed by atoms with van der Waals surface area (Å²) in [5, 5.41) is 7.69. The highest BCUT2D eigenvalue weighted by Gasteiger charge is 2.26. The monoisotopic (exact) mass is 425 g/mol. The van der Waals surface area contributed by atoms with Gasteiger partial charge in [-0.3, -0.25) is 0 Å². The summed E-state index contributed by atoms with van der Waals surface area (Å²) in [6.07, 6.45) is 0. The SMILES string of the molecule is O=C(NCc1ccc(S(=O)(=O)N2CCOCC2)cc1)Nc1cccc2ccccc12. The van der Waals surface area contributed by atoms with Gasteiger partial charge < -0.3 is 15.4 Å². The Balaban J connectivity index is 1.37. The number of fused-ring (bicyclic) bond motifs is 1. The molecule has 30 heavy (non-hydrogen) atoms. The van der Waals surface area contributed by atoms with Crippen LogP contribution >= 0.6 is 0 Å². The van der Waals surface area contributed by atoms with Crippen LogP contribution in [0.1, 0.15) is 5.56 Å². The van der Waals surface area contributed by atoms with Crippen molar-refractivity contribution in [3.05, 3.63) is 72.3 Å². The zero-order chi connectivity index (χ0) is 21.0. The Labute approximate surface area is 175 Å². The molecule has 4 rings (SSSR count). The molecule has 156 valence electrons. The normalized spacial score (nSPS) is 15.1. The number of anilines is 1. The Hall–Kier alpha value is -2.94. The first-order valence-electron chi connectivity index (χ1n) is 9.73. The van der Waals surface area contributed by atoms with Gasteiger partial charge in [0.05, 0.1) is 23.8 Å². The molecule has 3 aromatic carbocycles. The predicted octanol–water partition coefficient (Wildman–Crippen LogP) is 3.18. The van der Waals surface area contributed by atoms with E-state index in [1.165, 1.54) is 4.31 Å². The molecule has 0 atom stereocenters. The number of morpholine rings is 1. The van der Waals surface area contributed by atoms with Gasteiger partial charge in [-0.05, 0) is 29.1 Å². The lowest BCUT2D eigenvalue weighted by atomic mass is 10.1. The third-order valence-electron chi connectivity index (χ3n) is 5.02. The number of benzene rings is 3. The van der Waals surface area contributed by atoms with E-state index in [9.17, 15) is 13.2 Å². The number of rotatable bonds is 5. The second-order valence-corrected chi connectivity index (χ2v) is 8.93. The van der Waals surface area contributed by atoms with E-state index in [0.717, 1.165) is 22.0 Å². The smallest absolute Gasteiger partial charge is 0.319 e. The lowest BCUT2D eigenvalue weighted by Gasteiger charge is -2.26. The first-order chi connectivity index (χ1) is 14.5. The molecule has 0 saturated carbocycles. The maximum Gasteiger partial charge on any atom is 0.319 e. The van der Waals surface area contributed by atoms with Crippen molar-refractivity contribution in [2.24, 2.45) is 0 Å². The minimum Gasteiger partial charge on any atom is -0.379 e.